The van der Waals surface area contributed by atoms with Gasteiger partial charge in [-0.05, 0) is 39.3 Å². The van der Waals surface area contributed by atoms with Crippen molar-refractivity contribution in [1.82, 2.24) is 0 Å². The van der Waals surface area contributed by atoms with Gasteiger partial charge >= 0.3 is 8.25 Å². The summed E-state index contributed by atoms with van der Waals surface area (Å²) >= 11 is 0. The molecule has 0 aliphatic carbocycles. The second-order valence-electron chi connectivity index (χ2n) is 6.62. The quantitative estimate of drug-likeness (QED) is 0.431. The van der Waals surface area contributed by atoms with Gasteiger partial charge in [0.2, 0.25) is 16.6 Å². The zero-order valence-electron chi connectivity index (χ0n) is 14.2. The van der Waals surface area contributed by atoms with Crippen LogP contribution in [0.1, 0.15) is 12.8 Å². The molecule has 0 atom stereocenters. The Morgan fingerprint density at radius 1 is 0.773 bits per heavy atom. The van der Waals surface area contributed by atoms with Crippen molar-refractivity contribution in [3.63, 3.8) is 0 Å². The zero-order valence-corrected chi connectivity index (χ0v) is 17.2. The second kappa shape index (κ2) is 9.62. The van der Waals surface area contributed by atoms with Gasteiger partial charge in [0.05, 0.1) is 26.1 Å². The number of hydrogen-bond acceptors (Lipinski definition) is 7. The summed E-state index contributed by atoms with van der Waals surface area (Å²) in [7, 11) is -6.52. The third-order valence-electron chi connectivity index (χ3n) is 1.89. The Morgan fingerprint density at radius 3 is 1.36 bits per heavy atom. The fourth-order valence-electron chi connectivity index (χ4n) is 1.26. The van der Waals surface area contributed by atoms with Crippen molar-refractivity contribution in [2.24, 2.45) is 0 Å². The minimum atomic E-state index is -2.71. The van der Waals surface area contributed by atoms with Gasteiger partial charge in [-0.3, -0.25) is 14.2 Å². The molecule has 0 amide bonds. The summed E-state index contributed by atoms with van der Waals surface area (Å²) in [6.07, 6.45) is 0.0589. The maximum Gasteiger partial charge on any atom is 0.319 e. The van der Waals surface area contributed by atoms with Gasteiger partial charge in [-0.25, -0.2) is 0 Å². The molecule has 10 heteroatoms. The highest BCUT2D eigenvalue weighted by molar-refractivity contribution is 7.33. The molecule has 0 aliphatic rings. The molecule has 7 nitrogen and oxygen atoms in total. The Morgan fingerprint density at radius 2 is 1.09 bits per heavy atom. The first-order valence-corrected chi connectivity index (χ1v) is 15.2. The highest BCUT2D eigenvalue weighted by Crippen LogP contribution is 2.24. The summed E-state index contributed by atoms with van der Waals surface area (Å²) in [5.41, 5.74) is 0. The van der Waals surface area contributed by atoms with Crippen LogP contribution in [0.2, 0.25) is 39.3 Å². The lowest BCUT2D eigenvalue weighted by atomic mass is 10.5. The van der Waals surface area contributed by atoms with Gasteiger partial charge in [-0.15, -0.1) is 0 Å². The molecule has 0 aromatic carbocycles. The van der Waals surface area contributed by atoms with Crippen LogP contribution < -0.4 is 0 Å². The minimum absolute atomic E-state index is 0.0273. The largest absolute Gasteiger partial charge is 0.520 e. The van der Waals surface area contributed by atoms with E-state index in [1.807, 2.05) is 39.3 Å². The molecule has 22 heavy (non-hydrogen) atoms. The maximum atomic E-state index is 11.4. The molecule has 130 valence electrons. The Hall–Kier alpha value is -0.476. The molecule has 0 N–H and O–H groups in total. The van der Waals surface area contributed by atoms with E-state index in [0.717, 1.165) is 0 Å². The van der Waals surface area contributed by atoms with Crippen LogP contribution in [0.15, 0.2) is 0 Å². The molecular weight excluding hydrogens is 343 g/mol. The van der Waals surface area contributed by atoms with Crippen molar-refractivity contribution in [3.8, 4) is 0 Å². The predicted octanol–water partition coefficient (Wildman–Crippen LogP) is 2.95. The Kier molecular flexibility index (Phi) is 9.41. The molecule has 0 aromatic rings. The Bertz CT molecular complexity index is 365. The molecule has 0 unspecified atom stereocenters. The standard InChI is InChI=1S/C12H27O7PSi2/c1-21(2,3)18-11(13)7-9-16-20(15)17-10-8-12(14)19-22(4,5)6/h20H,7-10H2,1-6H3. The van der Waals surface area contributed by atoms with E-state index in [1.54, 1.807) is 0 Å². The van der Waals surface area contributed by atoms with Crippen molar-refractivity contribution in [2.75, 3.05) is 13.2 Å². The van der Waals surface area contributed by atoms with Crippen LogP contribution in [0.25, 0.3) is 0 Å². The maximum absolute atomic E-state index is 11.4. The van der Waals surface area contributed by atoms with E-state index in [0.29, 0.717) is 0 Å². The van der Waals surface area contributed by atoms with Gasteiger partial charge < -0.3 is 17.9 Å². The summed E-state index contributed by atoms with van der Waals surface area (Å²) in [5.74, 6) is -0.736. The van der Waals surface area contributed by atoms with Gasteiger partial charge in [-0.1, -0.05) is 0 Å². The average Bonchev–Trinajstić information content (AvgIpc) is 2.23. The normalized spacial score (nSPS) is 12.3. The molecule has 0 bridgehead atoms. The fraction of sp³-hybridized carbons (Fsp3) is 0.833. The first kappa shape index (κ1) is 21.5. The van der Waals surface area contributed by atoms with Gasteiger partial charge in [0.15, 0.2) is 0 Å². The van der Waals surface area contributed by atoms with Crippen LogP contribution in [0, 0.1) is 0 Å². The molecule has 0 saturated heterocycles. The fourth-order valence-corrected chi connectivity index (χ4v) is 3.45. The van der Waals surface area contributed by atoms with E-state index < -0.39 is 24.9 Å². The van der Waals surface area contributed by atoms with E-state index in [2.05, 4.69) is 0 Å². The SMILES string of the molecule is C[Si](C)(C)OC(=O)CCO[PH](=O)OCCC(=O)O[Si](C)(C)C. The summed E-state index contributed by atoms with van der Waals surface area (Å²) < 4.78 is 31.7. The van der Waals surface area contributed by atoms with E-state index in [-0.39, 0.29) is 38.0 Å². The monoisotopic (exact) mass is 370 g/mol. The van der Waals surface area contributed by atoms with E-state index in [9.17, 15) is 14.2 Å². The summed E-state index contributed by atoms with van der Waals surface area (Å²) in [6.45, 7) is 11.3. The van der Waals surface area contributed by atoms with Crippen molar-refractivity contribution in [2.45, 2.75) is 52.1 Å². The Balaban J connectivity index is 3.75. The Labute approximate surface area is 134 Å². The summed E-state index contributed by atoms with van der Waals surface area (Å²) in [6, 6.07) is 0. The third kappa shape index (κ3) is 14.5. The van der Waals surface area contributed by atoms with Crippen molar-refractivity contribution in [1.29, 1.82) is 0 Å². The second-order valence-corrected chi connectivity index (χ2v) is 16.6. The lowest BCUT2D eigenvalue weighted by Crippen LogP contribution is -2.29. The van der Waals surface area contributed by atoms with Crippen LogP contribution in [-0.4, -0.2) is 41.8 Å². The first-order chi connectivity index (χ1) is 9.89. The molecule has 0 rings (SSSR count). The number of hydrogen-bond donors (Lipinski definition) is 0. The lowest BCUT2D eigenvalue weighted by molar-refractivity contribution is -0.136. The van der Waals surface area contributed by atoms with Crippen LogP contribution in [-0.2, 0) is 32.1 Å². The van der Waals surface area contributed by atoms with Crippen LogP contribution in [0.4, 0.5) is 0 Å². The predicted molar refractivity (Wildman–Crippen MR) is 89.0 cm³/mol. The highest BCUT2D eigenvalue weighted by atomic mass is 31.1. The minimum Gasteiger partial charge on any atom is -0.520 e. The van der Waals surface area contributed by atoms with Crippen molar-refractivity contribution in [3.05, 3.63) is 0 Å². The third-order valence-corrected chi connectivity index (χ3v) is 4.45. The van der Waals surface area contributed by atoms with Crippen LogP contribution in [0.3, 0.4) is 0 Å². The van der Waals surface area contributed by atoms with E-state index in [1.165, 1.54) is 0 Å². The molecule has 0 spiro atoms. The van der Waals surface area contributed by atoms with Gasteiger partial charge in [0.1, 0.15) is 0 Å². The highest BCUT2D eigenvalue weighted by Gasteiger charge is 2.20. The average molecular weight is 370 g/mol. The molecule has 0 aromatic heterocycles. The topological polar surface area (TPSA) is 88.1 Å². The summed E-state index contributed by atoms with van der Waals surface area (Å²) in [4.78, 5) is 22.8. The van der Waals surface area contributed by atoms with Crippen molar-refractivity contribution < 1.29 is 32.1 Å². The van der Waals surface area contributed by atoms with Gasteiger partial charge in [0.25, 0.3) is 11.9 Å². The first-order valence-electron chi connectivity index (χ1n) is 7.12. The number of carbonyl (C=O) groups excluding carboxylic acids is 2. The summed E-state index contributed by atoms with van der Waals surface area (Å²) in [5, 5.41) is 0. The molecule has 0 radical (unpaired) electrons. The number of rotatable bonds is 10. The van der Waals surface area contributed by atoms with Crippen molar-refractivity contribution >= 4 is 36.8 Å². The van der Waals surface area contributed by atoms with Crippen LogP contribution >= 0.6 is 8.25 Å². The van der Waals surface area contributed by atoms with Gasteiger partial charge in [-0.2, -0.15) is 0 Å². The van der Waals surface area contributed by atoms with Crippen LogP contribution in [0.5, 0.6) is 0 Å². The lowest BCUT2D eigenvalue weighted by Gasteiger charge is -2.17. The molecule has 0 fully saturated rings. The molecule has 0 saturated carbocycles. The number of carbonyl (C=O) groups is 2. The van der Waals surface area contributed by atoms with E-state index >= 15 is 0 Å². The zero-order chi connectivity index (χ0) is 17.4. The van der Waals surface area contributed by atoms with Gasteiger partial charge in [0, 0.05) is 0 Å². The molecule has 0 aliphatic heterocycles. The van der Waals surface area contributed by atoms with E-state index in [4.69, 9.17) is 17.9 Å². The molecular formula is C12H27O7PSi2. The molecule has 0 heterocycles. The smallest absolute Gasteiger partial charge is 0.319 e.